The van der Waals surface area contributed by atoms with Crippen LogP contribution in [0.25, 0.3) is 0 Å². The highest BCUT2D eigenvalue weighted by molar-refractivity contribution is 5.83. The fourth-order valence-corrected chi connectivity index (χ4v) is 2.87. The molecule has 2 aliphatic heterocycles. The van der Waals surface area contributed by atoms with E-state index in [-0.39, 0.29) is 18.1 Å². The lowest BCUT2D eigenvalue weighted by atomic mass is 10.0. The van der Waals surface area contributed by atoms with Crippen LogP contribution in [-0.2, 0) is 11.2 Å². The summed E-state index contributed by atoms with van der Waals surface area (Å²) in [7, 11) is 0. The molecule has 4 nitrogen and oxygen atoms in total. The number of benzene rings is 1. The van der Waals surface area contributed by atoms with Gasteiger partial charge in [-0.2, -0.15) is 0 Å². The van der Waals surface area contributed by atoms with Crippen molar-refractivity contribution >= 4 is 5.91 Å². The van der Waals surface area contributed by atoms with Crippen LogP contribution in [-0.4, -0.2) is 42.1 Å². The van der Waals surface area contributed by atoms with Gasteiger partial charge in [-0.25, -0.2) is 0 Å². The summed E-state index contributed by atoms with van der Waals surface area (Å²) in [5.41, 5.74) is 1.14. The number of fused-ring (bicyclic) bond motifs is 1. The largest absolute Gasteiger partial charge is 0.480 e. The van der Waals surface area contributed by atoms with Crippen molar-refractivity contribution in [3.63, 3.8) is 0 Å². The number of carbonyl (C=O) groups is 1. The molecule has 1 aromatic carbocycles. The van der Waals surface area contributed by atoms with Crippen molar-refractivity contribution in [3.05, 3.63) is 29.8 Å². The van der Waals surface area contributed by atoms with Crippen molar-refractivity contribution in [1.82, 2.24) is 10.2 Å². The molecule has 4 heteroatoms. The van der Waals surface area contributed by atoms with Gasteiger partial charge in [0.2, 0.25) is 0 Å². The van der Waals surface area contributed by atoms with E-state index >= 15 is 0 Å². The molecule has 1 amide bonds. The van der Waals surface area contributed by atoms with Crippen LogP contribution in [0.1, 0.15) is 19.4 Å². The van der Waals surface area contributed by atoms with Gasteiger partial charge in [0.15, 0.2) is 6.10 Å². The monoisotopic (exact) mass is 260 g/mol. The number of amides is 1. The minimum absolute atomic E-state index is 0.122. The predicted molar refractivity (Wildman–Crippen MR) is 73.2 cm³/mol. The predicted octanol–water partition coefficient (Wildman–Crippen LogP) is 1.20. The molecule has 2 aliphatic rings. The van der Waals surface area contributed by atoms with Crippen molar-refractivity contribution in [3.8, 4) is 5.75 Å². The molecule has 3 unspecified atom stereocenters. The third-order valence-electron chi connectivity index (χ3n) is 4.24. The average molecular weight is 260 g/mol. The quantitative estimate of drug-likeness (QED) is 0.825. The van der Waals surface area contributed by atoms with Crippen LogP contribution in [0, 0.1) is 0 Å². The summed E-state index contributed by atoms with van der Waals surface area (Å²) in [6, 6.07) is 8.46. The maximum atomic E-state index is 12.6. The third kappa shape index (κ3) is 2.21. The van der Waals surface area contributed by atoms with Gasteiger partial charge in [-0.15, -0.1) is 0 Å². The number of ether oxygens (including phenoxy) is 1. The first-order valence-electron chi connectivity index (χ1n) is 6.95. The molecule has 0 saturated carbocycles. The van der Waals surface area contributed by atoms with Gasteiger partial charge >= 0.3 is 0 Å². The molecule has 3 rings (SSSR count). The number of nitrogens with one attached hydrogen (secondary N) is 1. The van der Waals surface area contributed by atoms with Crippen molar-refractivity contribution in [2.45, 2.75) is 38.5 Å². The zero-order valence-electron chi connectivity index (χ0n) is 11.4. The van der Waals surface area contributed by atoms with Crippen LogP contribution >= 0.6 is 0 Å². The Bertz CT molecular complexity index is 464. The zero-order chi connectivity index (χ0) is 13.4. The van der Waals surface area contributed by atoms with Gasteiger partial charge in [-0.05, 0) is 25.5 Å². The Kier molecular flexibility index (Phi) is 3.19. The highest BCUT2D eigenvalue weighted by Gasteiger charge is 2.36. The molecule has 0 radical (unpaired) electrons. The van der Waals surface area contributed by atoms with E-state index in [1.807, 2.05) is 29.2 Å². The number of hydrogen-bond acceptors (Lipinski definition) is 3. The van der Waals surface area contributed by atoms with Gasteiger partial charge in [0.25, 0.3) is 5.91 Å². The lowest BCUT2D eigenvalue weighted by molar-refractivity contribution is -0.141. The van der Waals surface area contributed by atoms with E-state index in [9.17, 15) is 4.79 Å². The zero-order valence-corrected chi connectivity index (χ0v) is 11.4. The van der Waals surface area contributed by atoms with E-state index in [2.05, 4.69) is 19.2 Å². The maximum Gasteiger partial charge on any atom is 0.264 e. The normalized spacial score (nSPS) is 29.8. The molecule has 19 heavy (non-hydrogen) atoms. The highest BCUT2D eigenvalue weighted by atomic mass is 16.5. The fraction of sp³-hybridized carbons (Fsp3) is 0.533. The van der Waals surface area contributed by atoms with Crippen molar-refractivity contribution in [1.29, 1.82) is 0 Å². The molecule has 0 aromatic heterocycles. The number of rotatable bonds is 1. The topological polar surface area (TPSA) is 41.6 Å². The Balaban J connectivity index is 1.72. The Labute approximate surface area is 113 Å². The van der Waals surface area contributed by atoms with Crippen molar-refractivity contribution in [2.75, 3.05) is 13.1 Å². The number of piperazine rings is 1. The average Bonchev–Trinajstić information content (AvgIpc) is 2.85. The molecule has 0 spiro atoms. The SMILES string of the molecule is CC1NCCN(C(=O)C2Cc3ccccc3O2)C1C. The first-order chi connectivity index (χ1) is 9.16. The third-order valence-corrected chi connectivity index (χ3v) is 4.24. The maximum absolute atomic E-state index is 12.6. The molecule has 2 heterocycles. The van der Waals surface area contributed by atoms with Gasteiger partial charge < -0.3 is 15.0 Å². The molecule has 0 bridgehead atoms. The van der Waals surface area contributed by atoms with Gasteiger partial charge in [0, 0.05) is 31.6 Å². The van der Waals surface area contributed by atoms with E-state index in [4.69, 9.17) is 4.74 Å². The van der Waals surface area contributed by atoms with Gasteiger partial charge in [-0.1, -0.05) is 18.2 Å². The Morgan fingerprint density at radius 2 is 2.16 bits per heavy atom. The molecule has 102 valence electrons. The Hall–Kier alpha value is -1.55. The van der Waals surface area contributed by atoms with Crippen molar-refractivity contribution in [2.24, 2.45) is 0 Å². The van der Waals surface area contributed by atoms with Gasteiger partial charge in [-0.3, -0.25) is 4.79 Å². The van der Waals surface area contributed by atoms with E-state index in [1.165, 1.54) is 0 Å². The summed E-state index contributed by atoms with van der Waals surface area (Å²) in [4.78, 5) is 14.6. The molecule has 1 aromatic rings. The minimum atomic E-state index is -0.342. The number of carbonyl (C=O) groups excluding carboxylic acids is 1. The minimum Gasteiger partial charge on any atom is -0.480 e. The molecule has 1 N–H and O–H groups in total. The first kappa shape index (κ1) is 12.5. The van der Waals surface area contributed by atoms with Crippen LogP contribution in [0.5, 0.6) is 5.75 Å². The number of hydrogen-bond donors (Lipinski definition) is 1. The second-order valence-electron chi connectivity index (χ2n) is 5.43. The summed E-state index contributed by atoms with van der Waals surface area (Å²) in [6.45, 7) is 5.84. The van der Waals surface area contributed by atoms with Gasteiger partial charge in [0.05, 0.1) is 0 Å². The number of nitrogens with zero attached hydrogens (tertiary/aromatic N) is 1. The number of para-hydroxylation sites is 1. The summed E-state index contributed by atoms with van der Waals surface area (Å²) in [5, 5.41) is 3.39. The summed E-state index contributed by atoms with van der Waals surface area (Å²) >= 11 is 0. The lowest BCUT2D eigenvalue weighted by Gasteiger charge is -2.39. The molecular weight excluding hydrogens is 240 g/mol. The van der Waals surface area contributed by atoms with Gasteiger partial charge in [0.1, 0.15) is 5.75 Å². The molecule has 1 saturated heterocycles. The summed E-state index contributed by atoms with van der Waals surface area (Å²) in [5.74, 6) is 0.980. The second-order valence-corrected chi connectivity index (χ2v) is 5.43. The molecule has 1 fully saturated rings. The van der Waals surface area contributed by atoms with E-state index in [0.29, 0.717) is 12.5 Å². The Morgan fingerprint density at radius 1 is 1.37 bits per heavy atom. The van der Waals surface area contributed by atoms with E-state index < -0.39 is 0 Å². The van der Waals surface area contributed by atoms with Crippen molar-refractivity contribution < 1.29 is 9.53 Å². The lowest BCUT2D eigenvalue weighted by Crippen LogP contribution is -2.59. The molecular formula is C15H20N2O2. The summed E-state index contributed by atoms with van der Waals surface area (Å²) in [6.07, 6.45) is 0.352. The smallest absolute Gasteiger partial charge is 0.264 e. The van der Waals surface area contributed by atoms with Crippen LogP contribution in [0.2, 0.25) is 0 Å². The van der Waals surface area contributed by atoms with E-state index in [1.54, 1.807) is 0 Å². The van der Waals surface area contributed by atoms with Crippen LogP contribution in [0.3, 0.4) is 0 Å². The molecule has 3 atom stereocenters. The summed E-state index contributed by atoms with van der Waals surface area (Å²) < 4.78 is 5.79. The molecule has 0 aliphatic carbocycles. The van der Waals surface area contributed by atoms with Crippen LogP contribution in [0.4, 0.5) is 0 Å². The highest BCUT2D eigenvalue weighted by Crippen LogP contribution is 2.29. The first-order valence-corrected chi connectivity index (χ1v) is 6.95. The standard InChI is InChI=1S/C15H20N2O2/c1-10-11(2)17(8-7-16-10)15(18)14-9-12-5-3-4-6-13(12)19-14/h3-6,10-11,14,16H,7-9H2,1-2H3. The fourth-order valence-electron chi connectivity index (χ4n) is 2.87. The Morgan fingerprint density at radius 3 is 2.95 bits per heavy atom. The van der Waals surface area contributed by atoms with Crippen LogP contribution in [0.15, 0.2) is 24.3 Å². The van der Waals surface area contributed by atoms with E-state index in [0.717, 1.165) is 24.4 Å². The second kappa shape index (κ2) is 4.85. The van der Waals surface area contributed by atoms with Crippen LogP contribution < -0.4 is 10.1 Å².